The number of nitrogens with one attached hydrogen (secondary N) is 3. The molecule has 0 atom stereocenters. The maximum Gasteiger partial charge on any atom is 0.269 e. The number of carbonyl (C=O) groups is 1. The van der Waals surface area contributed by atoms with Crippen molar-refractivity contribution >= 4 is 44.1 Å². The average Bonchev–Trinajstić information content (AvgIpc) is 2.89. The van der Waals surface area contributed by atoms with Gasteiger partial charge in [0, 0.05) is 23.1 Å². The van der Waals surface area contributed by atoms with Crippen molar-refractivity contribution in [2.45, 2.75) is 6.54 Å². The van der Waals surface area contributed by atoms with Gasteiger partial charge in [0.1, 0.15) is 5.69 Å². The number of fused-ring (bicyclic) bond motifs is 1. The van der Waals surface area contributed by atoms with Crippen molar-refractivity contribution in [2.24, 2.45) is 0 Å². The van der Waals surface area contributed by atoms with Gasteiger partial charge in [0.15, 0.2) is 0 Å². The Balaban J connectivity index is 1.74. The van der Waals surface area contributed by atoms with Crippen LogP contribution < -0.4 is 10.0 Å². The smallest absolute Gasteiger partial charge is 0.269 e. The van der Waals surface area contributed by atoms with E-state index in [1.165, 1.54) is 0 Å². The zero-order valence-corrected chi connectivity index (χ0v) is 14.9. The fraction of sp³-hybridized carbons (Fsp3) is 0.118. The number of aromatic nitrogens is 1. The quantitative estimate of drug-likeness (QED) is 0.638. The molecule has 6 nitrogen and oxygen atoms in total. The topological polar surface area (TPSA) is 91.1 Å². The van der Waals surface area contributed by atoms with Crippen molar-refractivity contribution < 1.29 is 13.2 Å². The number of anilines is 1. The van der Waals surface area contributed by atoms with Crippen LogP contribution in [0.2, 0.25) is 5.02 Å². The normalized spacial score (nSPS) is 11.4. The van der Waals surface area contributed by atoms with Gasteiger partial charge in [0.25, 0.3) is 5.91 Å². The van der Waals surface area contributed by atoms with E-state index < -0.39 is 10.0 Å². The standard InChI is InChI=1S/C17H16ClN3O3S/c1-25(23,24)21-12-6-4-5-11(9-12)10-19-17(22)16-15(18)13-7-2-3-8-14(13)20-16/h2-9,20-21H,10H2,1H3,(H,19,22). The number of amides is 1. The van der Waals surface area contributed by atoms with Crippen LogP contribution in [0.15, 0.2) is 48.5 Å². The first-order valence-corrected chi connectivity index (χ1v) is 9.71. The third-order valence-corrected chi connectivity index (χ3v) is 4.55. The van der Waals surface area contributed by atoms with Crippen LogP contribution in [0.3, 0.4) is 0 Å². The highest BCUT2D eigenvalue weighted by molar-refractivity contribution is 7.92. The Labute approximate surface area is 150 Å². The second kappa shape index (κ2) is 6.78. The van der Waals surface area contributed by atoms with Gasteiger partial charge in [-0.3, -0.25) is 9.52 Å². The van der Waals surface area contributed by atoms with E-state index in [0.717, 1.165) is 22.7 Å². The highest BCUT2D eigenvalue weighted by Gasteiger charge is 2.15. The van der Waals surface area contributed by atoms with E-state index in [-0.39, 0.29) is 12.5 Å². The number of aromatic amines is 1. The zero-order chi connectivity index (χ0) is 18.0. The maximum atomic E-state index is 12.4. The van der Waals surface area contributed by atoms with E-state index >= 15 is 0 Å². The summed E-state index contributed by atoms with van der Waals surface area (Å²) in [5, 5.41) is 3.94. The minimum atomic E-state index is -3.35. The molecule has 1 amide bonds. The van der Waals surface area contributed by atoms with E-state index in [1.807, 2.05) is 24.3 Å². The molecule has 0 aliphatic carbocycles. The van der Waals surface area contributed by atoms with Gasteiger partial charge in [0.05, 0.1) is 11.3 Å². The van der Waals surface area contributed by atoms with Crippen molar-refractivity contribution in [2.75, 3.05) is 11.0 Å². The summed E-state index contributed by atoms with van der Waals surface area (Å²) in [7, 11) is -3.35. The molecule has 130 valence electrons. The molecule has 3 rings (SSSR count). The SMILES string of the molecule is CS(=O)(=O)Nc1cccc(CNC(=O)c2[nH]c3ccccc3c2Cl)c1. The van der Waals surface area contributed by atoms with Crippen LogP contribution in [0, 0.1) is 0 Å². The van der Waals surface area contributed by atoms with E-state index in [4.69, 9.17) is 11.6 Å². The summed E-state index contributed by atoms with van der Waals surface area (Å²) in [6.07, 6.45) is 1.08. The lowest BCUT2D eigenvalue weighted by Gasteiger charge is -2.08. The van der Waals surface area contributed by atoms with Gasteiger partial charge in [-0.1, -0.05) is 41.9 Å². The number of sulfonamides is 1. The summed E-state index contributed by atoms with van der Waals surface area (Å²) in [5.74, 6) is -0.331. The maximum absolute atomic E-state index is 12.4. The molecule has 0 aliphatic heterocycles. The third kappa shape index (κ3) is 4.12. The molecule has 0 aliphatic rings. The number of para-hydroxylation sites is 1. The Morgan fingerprint density at radius 1 is 1.16 bits per heavy atom. The number of carbonyl (C=O) groups excluding carboxylic acids is 1. The lowest BCUT2D eigenvalue weighted by molar-refractivity contribution is 0.0947. The lowest BCUT2D eigenvalue weighted by atomic mass is 10.2. The van der Waals surface area contributed by atoms with Crippen LogP contribution in [0.1, 0.15) is 16.1 Å². The fourth-order valence-corrected chi connectivity index (χ4v) is 3.35. The Bertz CT molecular complexity index is 1040. The molecule has 0 unspecified atom stereocenters. The summed E-state index contributed by atoms with van der Waals surface area (Å²) in [4.78, 5) is 15.4. The molecule has 2 aromatic carbocycles. The van der Waals surface area contributed by atoms with Crippen LogP contribution in [0.5, 0.6) is 0 Å². The van der Waals surface area contributed by atoms with Crippen molar-refractivity contribution in [3.63, 3.8) is 0 Å². The summed E-state index contributed by atoms with van der Waals surface area (Å²) >= 11 is 6.26. The minimum Gasteiger partial charge on any atom is -0.349 e. The molecular weight excluding hydrogens is 362 g/mol. The molecule has 0 saturated carbocycles. The van der Waals surface area contributed by atoms with Crippen molar-refractivity contribution in [1.29, 1.82) is 0 Å². The summed E-state index contributed by atoms with van der Waals surface area (Å²) in [5.41, 5.74) is 2.29. The summed E-state index contributed by atoms with van der Waals surface area (Å²) in [6, 6.07) is 14.2. The fourth-order valence-electron chi connectivity index (χ4n) is 2.49. The van der Waals surface area contributed by atoms with E-state index in [1.54, 1.807) is 24.3 Å². The molecule has 3 aromatic rings. The third-order valence-electron chi connectivity index (χ3n) is 3.55. The molecule has 25 heavy (non-hydrogen) atoms. The predicted molar refractivity (Wildman–Crippen MR) is 99.4 cm³/mol. The second-order valence-electron chi connectivity index (χ2n) is 5.62. The highest BCUT2D eigenvalue weighted by atomic mass is 35.5. The van der Waals surface area contributed by atoms with E-state index in [0.29, 0.717) is 16.4 Å². The van der Waals surface area contributed by atoms with E-state index in [2.05, 4.69) is 15.0 Å². The first-order chi connectivity index (χ1) is 11.8. The van der Waals surface area contributed by atoms with Gasteiger partial charge in [-0.25, -0.2) is 8.42 Å². The first kappa shape index (κ1) is 17.3. The zero-order valence-electron chi connectivity index (χ0n) is 13.3. The lowest BCUT2D eigenvalue weighted by Crippen LogP contribution is -2.23. The number of rotatable bonds is 5. The Morgan fingerprint density at radius 3 is 2.64 bits per heavy atom. The number of hydrogen-bond donors (Lipinski definition) is 3. The van der Waals surface area contributed by atoms with Crippen molar-refractivity contribution in [1.82, 2.24) is 10.3 Å². The highest BCUT2D eigenvalue weighted by Crippen LogP contribution is 2.27. The van der Waals surface area contributed by atoms with Crippen LogP contribution in [0.25, 0.3) is 10.9 Å². The summed E-state index contributed by atoms with van der Waals surface area (Å²) in [6.45, 7) is 0.240. The molecule has 1 aromatic heterocycles. The van der Waals surface area contributed by atoms with E-state index in [9.17, 15) is 13.2 Å². The Hall–Kier alpha value is -2.51. The molecule has 0 spiro atoms. The van der Waals surface area contributed by atoms with Gasteiger partial charge >= 0.3 is 0 Å². The van der Waals surface area contributed by atoms with Crippen molar-refractivity contribution in [3.8, 4) is 0 Å². The molecule has 8 heteroatoms. The predicted octanol–water partition coefficient (Wildman–Crippen LogP) is 3.12. The molecule has 0 bridgehead atoms. The molecule has 3 N–H and O–H groups in total. The molecule has 0 saturated heterocycles. The van der Waals surface area contributed by atoms with Gasteiger partial charge in [-0.05, 0) is 23.8 Å². The van der Waals surface area contributed by atoms with Gasteiger partial charge in [-0.15, -0.1) is 0 Å². The molecular formula is C17H16ClN3O3S. The van der Waals surface area contributed by atoms with Gasteiger partial charge in [0.2, 0.25) is 10.0 Å². The van der Waals surface area contributed by atoms with Gasteiger partial charge in [-0.2, -0.15) is 0 Å². The number of halogens is 1. The minimum absolute atomic E-state index is 0.240. The Morgan fingerprint density at radius 2 is 1.92 bits per heavy atom. The summed E-state index contributed by atoms with van der Waals surface area (Å²) < 4.78 is 25.0. The van der Waals surface area contributed by atoms with Crippen molar-refractivity contribution in [3.05, 3.63) is 64.8 Å². The molecule has 0 radical (unpaired) electrons. The van der Waals surface area contributed by atoms with Crippen LogP contribution >= 0.6 is 11.6 Å². The molecule has 0 fully saturated rings. The van der Waals surface area contributed by atoms with Crippen LogP contribution in [-0.2, 0) is 16.6 Å². The second-order valence-corrected chi connectivity index (χ2v) is 7.74. The number of hydrogen-bond acceptors (Lipinski definition) is 3. The van der Waals surface area contributed by atoms with Gasteiger partial charge < -0.3 is 10.3 Å². The van der Waals surface area contributed by atoms with Crippen LogP contribution in [-0.4, -0.2) is 25.6 Å². The largest absolute Gasteiger partial charge is 0.349 e. The number of H-pyrrole nitrogens is 1. The van der Waals surface area contributed by atoms with Crippen LogP contribution in [0.4, 0.5) is 5.69 Å². The average molecular weight is 378 g/mol. The Kier molecular flexibility index (Phi) is 4.69. The molecule has 1 heterocycles. The monoisotopic (exact) mass is 377 g/mol. The number of benzene rings is 2. The first-order valence-electron chi connectivity index (χ1n) is 7.44.